The third kappa shape index (κ3) is 104. The largest absolute Gasteiger partial charge is 0.481 e. The van der Waals surface area contributed by atoms with E-state index in [-0.39, 0.29) is 6.04 Å². The Morgan fingerprint density at radius 1 is 0.743 bits per heavy atom. The van der Waals surface area contributed by atoms with Gasteiger partial charge in [0.2, 0.25) is 0 Å². The molecule has 0 spiro atoms. The molecular formula is C21H40N4O10. The van der Waals surface area contributed by atoms with Gasteiger partial charge in [0.05, 0.1) is 0 Å². The summed E-state index contributed by atoms with van der Waals surface area (Å²) >= 11 is 0. The molecule has 0 radical (unpaired) electrons. The molecule has 1 rings (SSSR count). The Morgan fingerprint density at radius 3 is 1.29 bits per heavy atom. The minimum atomic E-state index is -0.833. The lowest BCUT2D eigenvalue weighted by atomic mass is 10.1. The summed E-state index contributed by atoms with van der Waals surface area (Å²) in [7, 11) is 0. The van der Waals surface area contributed by atoms with Gasteiger partial charge >= 0.3 is 0 Å². The van der Waals surface area contributed by atoms with Crippen molar-refractivity contribution in [1.29, 1.82) is 0 Å². The van der Waals surface area contributed by atoms with Gasteiger partial charge in [-0.3, -0.25) is 24.0 Å². The van der Waals surface area contributed by atoms with Crippen LogP contribution in [-0.4, -0.2) is 81.1 Å². The summed E-state index contributed by atoms with van der Waals surface area (Å²) in [6.45, 7) is 7.67. The number of hydrogen-bond donors (Lipinski definition) is 9. The molecule has 0 amide bonds. The molecule has 0 bridgehead atoms. The van der Waals surface area contributed by atoms with Crippen LogP contribution in [-0.2, 0) is 30.4 Å². The summed E-state index contributed by atoms with van der Waals surface area (Å²) in [6.07, 6.45) is 0.859. The molecule has 204 valence electrons. The van der Waals surface area contributed by atoms with Crippen molar-refractivity contribution in [2.45, 2.75) is 47.1 Å². The number of nitrogen functional groups attached to an aromatic ring is 1. The second-order valence-corrected chi connectivity index (χ2v) is 6.29. The third-order valence-corrected chi connectivity index (χ3v) is 2.21. The van der Waals surface area contributed by atoms with Crippen LogP contribution in [0.1, 0.15) is 40.2 Å². The Morgan fingerprint density at radius 2 is 1.03 bits per heavy atom. The van der Waals surface area contributed by atoms with Crippen molar-refractivity contribution in [1.82, 2.24) is 5.32 Å². The van der Waals surface area contributed by atoms with E-state index in [1.54, 1.807) is 0 Å². The second-order valence-electron chi connectivity index (χ2n) is 6.29. The quantitative estimate of drug-likeness (QED) is 0.182. The highest BCUT2D eigenvalue weighted by Gasteiger charge is 2.02. The molecule has 1 aromatic rings. The predicted molar refractivity (Wildman–Crippen MR) is 131 cm³/mol. The maximum absolute atomic E-state index is 9.00. The number of aliphatic carboxylic acids is 5. The van der Waals surface area contributed by atoms with Gasteiger partial charge in [-0.2, -0.15) is 0 Å². The number of carboxylic acid groups (broad SMARTS) is 5. The van der Waals surface area contributed by atoms with E-state index in [4.69, 9.17) is 66.7 Å². The lowest BCUT2D eigenvalue weighted by molar-refractivity contribution is -0.135. The van der Waals surface area contributed by atoms with Crippen LogP contribution in [0.5, 0.6) is 0 Å². The van der Waals surface area contributed by atoms with Gasteiger partial charge in [-0.1, -0.05) is 12.1 Å². The zero-order chi connectivity index (χ0) is 29.0. The molecule has 0 heterocycles. The minimum Gasteiger partial charge on any atom is -0.481 e. The summed E-state index contributed by atoms with van der Waals surface area (Å²) in [4.78, 5) is 45.0. The van der Waals surface area contributed by atoms with Gasteiger partial charge in [0.1, 0.15) is 0 Å². The van der Waals surface area contributed by atoms with E-state index in [1.807, 2.05) is 24.3 Å². The maximum Gasteiger partial charge on any atom is 0.300 e. The summed E-state index contributed by atoms with van der Waals surface area (Å²) in [5.74, 6) is -4.17. The van der Waals surface area contributed by atoms with Crippen LogP contribution < -0.4 is 22.5 Å². The van der Waals surface area contributed by atoms with Crippen LogP contribution >= 0.6 is 0 Å². The molecule has 0 aromatic heterocycles. The molecule has 14 nitrogen and oxygen atoms in total. The first-order valence-corrected chi connectivity index (χ1v) is 9.87. The molecule has 1 aromatic carbocycles. The highest BCUT2D eigenvalue weighted by atomic mass is 16.4. The average molecular weight is 509 g/mol. The van der Waals surface area contributed by atoms with Gasteiger partial charge in [0, 0.05) is 66.0 Å². The first-order valence-electron chi connectivity index (χ1n) is 9.87. The van der Waals surface area contributed by atoms with Crippen LogP contribution in [0.15, 0.2) is 24.3 Å². The molecule has 0 aliphatic rings. The predicted octanol–water partition coefficient (Wildman–Crippen LogP) is 0.141. The zero-order valence-corrected chi connectivity index (χ0v) is 20.7. The Bertz CT molecular complexity index is 608. The molecule has 35 heavy (non-hydrogen) atoms. The van der Waals surface area contributed by atoms with E-state index < -0.39 is 29.8 Å². The molecular weight excluding hydrogens is 468 g/mol. The third-order valence-electron chi connectivity index (χ3n) is 2.21. The number of nitrogens with two attached hydrogens (primary N) is 3. The van der Waals surface area contributed by atoms with Gasteiger partial charge < -0.3 is 48.1 Å². The molecule has 0 fully saturated rings. The SMILES string of the molecule is CC(=O)O.CC(=O)O.CC(=O)O.CC(=O)O.CC(=O)O.NCCNCC(N)Cc1ccc(N)cc1. The molecule has 0 saturated carbocycles. The first-order chi connectivity index (χ1) is 15.9. The Hall–Kier alpha value is -3.75. The van der Waals surface area contributed by atoms with Gasteiger partial charge in [-0.15, -0.1) is 0 Å². The van der Waals surface area contributed by atoms with Crippen LogP contribution in [0.3, 0.4) is 0 Å². The summed E-state index contributed by atoms with van der Waals surface area (Å²) in [5, 5.41) is 40.3. The fourth-order valence-corrected chi connectivity index (χ4v) is 1.42. The number of nitrogens with one attached hydrogen (secondary N) is 1. The Labute approximate surface area is 204 Å². The number of rotatable bonds is 6. The lowest BCUT2D eigenvalue weighted by Gasteiger charge is -2.12. The van der Waals surface area contributed by atoms with Crippen LogP contribution in [0.2, 0.25) is 0 Å². The van der Waals surface area contributed by atoms with Crippen molar-refractivity contribution in [2.75, 3.05) is 25.4 Å². The van der Waals surface area contributed by atoms with E-state index in [0.717, 1.165) is 59.8 Å². The molecule has 1 atom stereocenters. The normalized spacial score (nSPS) is 9.00. The van der Waals surface area contributed by atoms with Crippen LogP contribution in [0.4, 0.5) is 5.69 Å². The average Bonchev–Trinajstić information content (AvgIpc) is 2.61. The van der Waals surface area contributed by atoms with Gasteiger partial charge in [-0.05, 0) is 24.1 Å². The highest BCUT2D eigenvalue weighted by molar-refractivity contribution is 5.63. The number of carbonyl (C=O) groups is 5. The second kappa shape index (κ2) is 30.2. The van der Waals surface area contributed by atoms with Crippen molar-refractivity contribution in [3.63, 3.8) is 0 Å². The van der Waals surface area contributed by atoms with E-state index in [2.05, 4.69) is 5.32 Å². The van der Waals surface area contributed by atoms with Crippen molar-refractivity contribution in [3.8, 4) is 0 Å². The van der Waals surface area contributed by atoms with Crippen molar-refractivity contribution >= 4 is 35.5 Å². The van der Waals surface area contributed by atoms with Crippen molar-refractivity contribution in [2.24, 2.45) is 11.5 Å². The highest BCUT2D eigenvalue weighted by Crippen LogP contribution is 2.06. The first kappa shape index (κ1) is 41.5. The molecule has 14 heteroatoms. The zero-order valence-electron chi connectivity index (χ0n) is 20.7. The molecule has 0 saturated heterocycles. The smallest absolute Gasteiger partial charge is 0.300 e. The van der Waals surface area contributed by atoms with E-state index >= 15 is 0 Å². The summed E-state index contributed by atoms with van der Waals surface area (Å²) < 4.78 is 0. The standard InChI is InChI=1S/C11H20N4.5C2H4O2/c12-5-6-15-8-11(14)7-9-1-3-10(13)4-2-9;5*1-2(3)4/h1-4,11,15H,5-8,12-14H2;5*1H3,(H,3,4). The van der Waals surface area contributed by atoms with Crippen molar-refractivity contribution < 1.29 is 49.5 Å². The van der Waals surface area contributed by atoms with Crippen LogP contribution in [0, 0.1) is 0 Å². The number of benzene rings is 1. The topological polar surface area (TPSA) is 277 Å². The minimum absolute atomic E-state index is 0.125. The molecule has 0 aliphatic heterocycles. The van der Waals surface area contributed by atoms with E-state index in [1.165, 1.54) is 5.56 Å². The fraction of sp³-hybridized carbons (Fsp3) is 0.476. The van der Waals surface area contributed by atoms with Gasteiger partial charge in [0.25, 0.3) is 29.8 Å². The van der Waals surface area contributed by atoms with E-state index in [9.17, 15) is 0 Å². The number of carboxylic acids is 5. The number of anilines is 1. The lowest BCUT2D eigenvalue weighted by Crippen LogP contribution is -2.37. The van der Waals surface area contributed by atoms with Gasteiger partial charge in [-0.25, -0.2) is 0 Å². The van der Waals surface area contributed by atoms with E-state index in [0.29, 0.717) is 6.54 Å². The molecule has 1 unspecified atom stereocenters. The number of hydrogen-bond acceptors (Lipinski definition) is 9. The molecule has 0 aliphatic carbocycles. The summed E-state index contributed by atoms with van der Waals surface area (Å²) in [5.41, 5.74) is 18.9. The fourth-order valence-electron chi connectivity index (χ4n) is 1.42. The Balaban J connectivity index is -0.000000123. The Kier molecular flexibility index (Phi) is 35.9. The monoisotopic (exact) mass is 508 g/mol. The van der Waals surface area contributed by atoms with Crippen LogP contribution in [0.25, 0.3) is 0 Å². The van der Waals surface area contributed by atoms with Gasteiger partial charge in [0.15, 0.2) is 0 Å². The molecule has 12 N–H and O–H groups in total. The van der Waals surface area contributed by atoms with Crippen molar-refractivity contribution in [3.05, 3.63) is 29.8 Å². The summed E-state index contributed by atoms with van der Waals surface area (Å²) in [6, 6.07) is 7.95. The maximum atomic E-state index is 9.00.